The summed E-state index contributed by atoms with van der Waals surface area (Å²) in [6, 6.07) is 5.51. The van der Waals surface area contributed by atoms with Gasteiger partial charge >= 0.3 is 11.9 Å². The Hall–Kier alpha value is -3.14. The molecule has 1 aromatic rings. The van der Waals surface area contributed by atoms with Crippen molar-refractivity contribution in [1.29, 1.82) is 0 Å². The van der Waals surface area contributed by atoms with Gasteiger partial charge in [0.1, 0.15) is 18.9 Å². The van der Waals surface area contributed by atoms with E-state index in [1.807, 2.05) is 31.7 Å². The zero-order valence-corrected chi connectivity index (χ0v) is 20.4. The number of nitrogens with zero attached hydrogens (tertiary/aromatic N) is 6. The Labute approximate surface area is 199 Å². The average Bonchev–Trinajstić information content (AvgIpc) is 3.14. The molecule has 4 rings (SSSR count). The van der Waals surface area contributed by atoms with E-state index < -0.39 is 17.5 Å². The number of piperazine rings is 1. The predicted octanol–water partition coefficient (Wildman–Crippen LogP) is 1.28. The van der Waals surface area contributed by atoms with E-state index in [9.17, 15) is 18.8 Å². The number of aliphatic imine (C=N–C) groups is 1. The minimum absolute atomic E-state index is 0.0131. The molecule has 34 heavy (non-hydrogen) atoms. The highest BCUT2D eigenvalue weighted by Gasteiger charge is 2.53. The maximum absolute atomic E-state index is 14.2. The number of carbonyl (C=O) groups excluding carboxylic acids is 3. The SMILES string of the molecule is CN1C(=O)C2C(=NC(CN3CCN(c4ccccc4F)CC3)=[N+]2CC(=O)C(C)(C)C)N(C)C1=O. The molecule has 3 aliphatic rings. The van der Waals surface area contributed by atoms with E-state index in [2.05, 4.69) is 9.89 Å². The molecule has 0 aromatic heterocycles. The number of amidine groups is 2. The molecule has 10 heteroatoms. The maximum Gasteiger partial charge on any atom is 0.333 e. The number of Topliss-reactive ketones (excluding diaryl/α,β-unsaturated/α-hetero) is 1. The lowest BCUT2D eigenvalue weighted by Crippen LogP contribution is -2.62. The number of rotatable bonds is 5. The van der Waals surface area contributed by atoms with E-state index in [0.29, 0.717) is 50.1 Å². The molecule has 1 aromatic carbocycles. The molecule has 0 bridgehead atoms. The van der Waals surface area contributed by atoms with Crippen molar-refractivity contribution < 1.29 is 23.3 Å². The highest BCUT2D eigenvalue weighted by Crippen LogP contribution is 2.23. The summed E-state index contributed by atoms with van der Waals surface area (Å²) in [5.41, 5.74) is 0.0120. The van der Waals surface area contributed by atoms with Crippen LogP contribution in [-0.4, -0.2) is 108 Å². The van der Waals surface area contributed by atoms with Crippen LogP contribution in [0.4, 0.5) is 14.9 Å². The number of carbonyl (C=O) groups is 3. The molecule has 1 unspecified atom stereocenters. The molecule has 2 fully saturated rings. The van der Waals surface area contributed by atoms with Crippen LogP contribution in [-0.2, 0) is 9.59 Å². The summed E-state index contributed by atoms with van der Waals surface area (Å²) in [5.74, 6) is 0.317. The first-order valence-corrected chi connectivity index (χ1v) is 11.5. The molecule has 3 amide bonds. The normalized spacial score (nSPS) is 21.9. The molecule has 0 aliphatic carbocycles. The van der Waals surface area contributed by atoms with Gasteiger partial charge in [-0.2, -0.15) is 0 Å². The Bertz CT molecular complexity index is 1080. The van der Waals surface area contributed by atoms with Gasteiger partial charge in [-0.15, -0.1) is 0 Å². The van der Waals surface area contributed by atoms with E-state index in [4.69, 9.17) is 0 Å². The molecule has 0 spiro atoms. The molecule has 0 radical (unpaired) electrons. The van der Waals surface area contributed by atoms with Crippen molar-refractivity contribution >= 4 is 35.1 Å². The van der Waals surface area contributed by atoms with Crippen LogP contribution < -0.4 is 4.90 Å². The number of hydrogen-bond donors (Lipinski definition) is 0. The molecule has 1 atom stereocenters. The zero-order valence-electron chi connectivity index (χ0n) is 20.4. The highest BCUT2D eigenvalue weighted by molar-refractivity contribution is 6.23. The fourth-order valence-corrected chi connectivity index (χ4v) is 4.40. The second-order valence-corrected chi connectivity index (χ2v) is 10.0. The molecule has 2 saturated heterocycles. The van der Waals surface area contributed by atoms with Crippen LogP contribution in [0.5, 0.6) is 0 Å². The third-order valence-electron chi connectivity index (χ3n) is 6.69. The summed E-state index contributed by atoms with van der Waals surface area (Å²) >= 11 is 0. The van der Waals surface area contributed by atoms with Gasteiger partial charge in [0.2, 0.25) is 0 Å². The molecular formula is C24H32FN6O3+. The third kappa shape index (κ3) is 4.34. The lowest BCUT2D eigenvalue weighted by Gasteiger charge is -2.35. The van der Waals surface area contributed by atoms with Crippen molar-refractivity contribution in [1.82, 2.24) is 14.7 Å². The fraction of sp³-hybridized carbons (Fsp3) is 0.542. The number of halogens is 1. The number of hydrogen-bond acceptors (Lipinski definition) is 6. The summed E-state index contributed by atoms with van der Waals surface area (Å²) in [4.78, 5) is 49.8. The average molecular weight is 472 g/mol. The Morgan fingerprint density at radius 1 is 1.09 bits per heavy atom. The summed E-state index contributed by atoms with van der Waals surface area (Å²) in [7, 11) is 3.04. The standard InChI is InChI=1S/C24H32FN6O3/c1-24(2,3)18(32)14-31-19(26-21-20(31)22(33)28(5)23(34)27(21)4)15-29-10-12-30(13-11-29)17-9-7-6-8-16(17)25/h6-9,20H,10-15H2,1-5H3/q+1. The fourth-order valence-electron chi connectivity index (χ4n) is 4.40. The maximum atomic E-state index is 14.2. The second kappa shape index (κ2) is 8.90. The first-order chi connectivity index (χ1) is 16.0. The van der Waals surface area contributed by atoms with Crippen molar-refractivity contribution in [3.05, 3.63) is 30.1 Å². The van der Waals surface area contributed by atoms with Crippen LogP contribution in [0.1, 0.15) is 20.8 Å². The van der Waals surface area contributed by atoms with Crippen LogP contribution >= 0.6 is 0 Å². The van der Waals surface area contributed by atoms with E-state index in [1.54, 1.807) is 23.8 Å². The summed E-state index contributed by atoms with van der Waals surface area (Å²) in [6.45, 7) is 8.66. The lowest BCUT2D eigenvalue weighted by molar-refractivity contribution is -0.525. The van der Waals surface area contributed by atoms with Crippen LogP contribution in [0.15, 0.2) is 29.3 Å². The number of ketones is 1. The smallest absolute Gasteiger partial charge is 0.333 e. The number of benzene rings is 1. The largest absolute Gasteiger partial charge is 0.367 e. The molecule has 3 heterocycles. The van der Waals surface area contributed by atoms with Crippen LogP contribution in [0.3, 0.4) is 0 Å². The number of urea groups is 1. The van der Waals surface area contributed by atoms with E-state index in [0.717, 1.165) is 4.90 Å². The third-order valence-corrected chi connectivity index (χ3v) is 6.69. The van der Waals surface area contributed by atoms with Crippen molar-refractivity contribution in [3.8, 4) is 0 Å². The number of imide groups is 1. The molecule has 182 valence electrons. The summed E-state index contributed by atoms with van der Waals surface area (Å²) < 4.78 is 15.9. The molecule has 9 nitrogen and oxygen atoms in total. The number of fused-ring (bicyclic) bond motifs is 1. The molecule has 3 aliphatic heterocycles. The Balaban J connectivity index is 1.57. The van der Waals surface area contributed by atoms with Crippen LogP contribution in [0.25, 0.3) is 0 Å². The Morgan fingerprint density at radius 2 is 1.74 bits per heavy atom. The number of anilines is 1. The minimum Gasteiger partial charge on any atom is -0.367 e. The van der Waals surface area contributed by atoms with Gasteiger partial charge in [0.15, 0.2) is 5.78 Å². The molecule has 0 saturated carbocycles. The van der Waals surface area contributed by atoms with E-state index in [-0.39, 0.29) is 24.1 Å². The Kier molecular flexibility index (Phi) is 6.28. The van der Waals surface area contributed by atoms with Crippen molar-refractivity contribution in [2.75, 3.05) is 58.3 Å². The van der Waals surface area contributed by atoms with Crippen molar-refractivity contribution in [3.63, 3.8) is 0 Å². The predicted molar refractivity (Wildman–Crippen MR) is 127 cm³/mol. The van der Waals surface area contributed by atoms with Gasteiger partial charge in [-0.05, 0) is 17.1 Å². The Morgan fingerprint density at radius 3 is 2.35 bits per heavy atom. The van der Waals surface area contributed by atoms with Crippen LogP contribution in [0, 0.1) is 11.2 Å². The lowest BCUT2D eigenvalue weighted by atomic mass is 9.90. The van der Waals surface area contributed by atoms with E-state index >= 15 is 0 Å². The topological polar surface area (TPSA) is 79.5 Å². The highest BCUT2D eigenvalue weighted by atomic mass is 19.1. The summed E-state index contributed by atoms with van der Waals surface area (Å²) in [6.07, 6.45) is 0. The van der Waals surface area contributed by atoms with Crippen LogP contribution in [0.2, 0.25) is 0 Å². The van der Waals surface area contributed by atoms with Gasteiger partial charge in [0, 0.05) is 45.7 Å². The van der Waals surface area contributed by atoms with Gasteiger partial charge < -0.3 is 4.90 Å². The molecule has 0 N–H and O–H groups in total. The van der Waals surface area contributed by atoms with Crippen molar-refractivity contribution in [2.24, 2.45) is 10.4 Å². The van der Waals surface area contributed by atoms with Gasteiger partial charge in [0.25, 0.3) is 17.8 Å². The first-order valence-electron chi connectivity index (χ1n) is 11.5. The second-order valence-electron chi connectivity index (χ2n) is 10.0. The summed E-state index contributed by atoms with van der Waals surface area (Å²) in [5, 5.41) is 0. The number of likely N-dealkylation sites (N-methyl/N-ethyl adjacent to an activating group) is 2. The first kappa shape index (κ1) is 24.0. The zero-order chi connectivity index (χ0) is 24.8. The minimum atomic E-state index is -0.797. The van der Waals surface area contributed by atoms with Gasteiger partial charge in [-0.3, -0.25) is 24.3 Å². The van der Waals surface area contributed by atoms with Crippen molar-refractivity contribution in [2.45, 2.75) is 26.8 Å². The van der Waals surface area contributed by atoms with E-state index in [1.165, 1.54) is 18.0 Å². The quantitative estimate of drug-likeness (QED) is 0.605. The number of para-hydroxylation sites is 1. The number of amides is 3. The van der Waals surface area contributed by atoms with Gasteiger partial charge in [-0.25, -0.2) is 13.8 Å². The monoisotopic (exact) mass is 471 g/mol. The van der Waals surface area contributed by atoms with Gasteiger partial charge in [0.05, 0.1) is 5.69 Å². The molecular weight excluding hydrogens is 439 g/mol. The van der Waals surface area contributed by atoms with Gasteiger partial charge in [-0.1, -0.05) is 32.9 Å².